The second-order valence-electron chi connectivity index (χ2n) is 11.5. The van der Waals surface area contributed by atoms with E-state index in [0.29, 0.717) is 35.5 Å². The number of fused-ring (bicyclic) bond motifs is 5. The zero-order chi connectivity index (χ0) is 21.0. The van der Waals surface area contributed by atoms with Crippen LogP contribution in [0.3, 0.4) is 0 Å². The van der Waals surface area contributed by atoms with E-state index in [0.717, 1.165) is 24.7 Å². The molecule has 0 radical (unpaired) electrons. The van der Waals surface area contributed by atoms with Crippen molar-refractivity contribution in [2.45, 2.75) is 97.1 Å². The van der Waals surface area contributed by atoms with Gasteiger partial charge in [-0.05, 0) is 97.7 Å². The van der Waals surface area contributed by atoms with E-state index in [1.165, 1.54) is 52.1 Å². The number of methoxy groups -OCH3 is 1. The van der Waals surface area contributed by atoms with E-state index in [4.69, 9.17) is 10.5 Å². The van der Waals surface area contributed by atoms with Crippen molar-refractivity contribution >= 4 is 5.97 Å². The van der Waals surface area contributed by atoms with E-state index in [1.54, 1.807) is 0 Å². The maximum atomic E-state index is 11.8. The number of nitrogens with two attached hydrogens (primary N) is 1. The van der Waals surface area contributed by atoms with Crippen LogP contribution >= 0.6 is 0 Å². The lowest BCUT2D eigenvalue weighted by atomic mass is 9.44. The molecule has 0 heterocycles. The summed E-state index contributed by atoms with van der Waals surface area (Å²) >= 11 is 0. The van der Waals surface area contributed by atoms with Crippen LogP contribution in [0.25, 0.3) is 0 Å². The Morgan fingerprint density at radius 3 is 2.62 bits per heavy atom. The minimum absolute atomic E-state index is 0.0334. The van der Waals surface area contributed by atoms with Gasteiger partial charge < -0.3 is 15.6 Å². The third-order valence-corrected chi connectivity index (χ3v) is 10.6. The third-order valence-electron chi connectivity index (χ3n) is 10.6. The molecule has 29 heavy (non-hydrogen) atoms. The van der Waals surface area contributed by atoms with Gasteiger partial charge in [0.05, 0.1) is 13.2 Å². The number of hydrogen-bond acceptors (Lipinski definition) is 4. The fourth-order valence-electron chi connectivity index (χ4n) is 9.03. The molecule has 166 valence electrons. The third kappa shape index (κ3) is 3.28. The lowest BCUT2D eigenvalue weighted by Gasteiger charge is -2.62. The zero-order valence-electron chi connectivity index (χ0n) is 19.0. The maximum Gasteiger partial charge on any atom is 0.322 e. The van der Waals surface area contributed by atoms with Gasteiger partial charge in [-0.15, -0.1) is 0 Å². The summed E-state index contributed by atoms with van der Waals surface area (Å²) in [4.78, 5) is 11.8. The van der Waals surface area contributed by atoms with Gasteiger partial charge in [0.2, 0.25) is 0 Å². The summed E-state index contributed by atoms with van der Waals surface area (Å²) in [6.07, 6.45) is 12.1. The van der Waals surface area contributed by atoms with E-state index < -0.39 is 6.04 Å². The molecule has 4 nitrogen and oxygen atoms in total. The summed E-state index contributed by atoms with van der Waals surface area (Å²) in [7, 11) is 1.41. The lowest BCUT2D eigenvalue weighted by Crippen LogP contribution is -2.58. The van der Waals surface area contributed by atoms with E-state index in [2.05, 4.69) is 20.8 Å². The van der Waals surface area contributed by atoms with Crippen molar-refractivity contribution in [1.29, 1.82) is 0 Å². The Kier molecular flexibility index (Phi) is 5.83. The summed E-state index contributed by atoms with van der Waals surface area (Å²) in [5.41, 5.74) is 6.51. The van der Waals surface area contributed by atoms with Crippen molar-refractivity contribution in [3.63, 3.8) is 0 Å². The topological polar surface area (TPSA) is 72.5 Å². The molecule has 4 aliphatic carbocycles. The SMILES string of the molecule is COC(=O)C(N)C[C@@H](C)[C@H]1CC[C@H]2[C@@H]3CCC4CCCC[C@]4(C)[C@H]3CC(O)[C@]12C. The molecular formula is C25H43NO3. The van der Waals surface area contributed by atoms with Gasteiger partial charge in [0.15, 0.2) is 0 Å². The van der Waals surface area contributed by atoms with Crippen LogP contribution in [0.15, 0.2) is 0 Å². The molecule has 0 saturated heterocycles. The molecule has 0 spiro atoms. The average Bonchev–Trinajstić information content (AvgIpc) is 3.06. The van der Waals surface area contributed by atoms with Crippen molar-refractivity contribution in [3.8, 4) is 0 Å². The first kappa shape index (κ1) is 21.6. The summed E-state index contributed by atoms with van der Waals surface area (Å²) in [5, 5.41) is 11.6. The number of carbonyl (C=O) groups excluding carboxylic acids is 1. The Bertz CT molecular complexity index is 623. The van der Waals surface area contributed by atoms with Gasteiger partial charge in [-0.25, -0.2) is 0 Å². The van der Waals surface area contributed by atoms with Gasteiger partial charge in [-0.2, -0.15) is 0 Å². The molecule has 10 atom stereocenters. The minimum atomic E-state index is -0.553. The first-order valence-electron chi connectivity index (χ1n) is 12.2. The molecule has 0 aromatic heterocycles. The second kappa shape index (κ2) is 7.82. The fraction of sp³-hybridized carbons (Fsp3) is 0.960. The van der Waals surface area contributed by atoms with Gasteiger partial charge in [-0.3, -0.25) is 4.79 Å². The molecule has 4 heteroatoms. The largest absolute Gasteiger partial charge is 0.468 e. The van der Waals surface area contributed by atoms with Crippen molar-refractivity contribution in [2.24, 2.45) is 52.1 Å². The maximum absolute atomic E-state index is 11.8. The highest BCUT2D eigenvalue weighted by Gasteiger charge is 2.63. The van der Waals surface area contributed by atoms with Crippen LogP contribution in [0.1, 0.15) is 85.0 Å². The highest BCUT2D eigenvalue weighted by atomic mass is 16.5. The number of aliphatic hydroxyl groups is 1. The summed E-state index contributed by atoms with van der Waals surface area (Å²) in [6, 6.07) is -0.553. The van der Waals surface area contributed by atoms with E-state index in [1.807, 2.05) is 0 Å². The van der Waals surface area contributed by atoms with Gasteiger partial charge in [0, 0.05) is 0 Å². The first-order chi connectivity index (χ1) is 13.7. The lowest BCUT2D eigenvalue weighted by molar-refractivity contribution is -0.168. The minimum Gasteiger partial charge on any atom is -0.468 e. The summed E-state index contributed by atoms with van der Waals surface area (Å²) < 4.78 is 4.85. The Hall–Kier alpha value is -0.610. The van der Waals surface area contributed by atoms with Gasteiger partial charge in [0.1, 0.15) is 6.04 Å². The molecule has 3 N–H and O–H groups in total. The van der Waals surface area contributed by atoms with Crippen molar-refractivity contribution in [2.75, 3.05) is 7.11 Å². The van der Waals surface area contributed by atoms with Gasteiger partial charge in [-0.1, -0.05) is 33.6 Å². The van der Waals surface area contributed by atoms with Crippen LogP contribution in [-0.4, -0.2) is 30.3 Å². The van der Waals surface area contributed by atoms with E-state index >= 15 is 0 Å². The molecule has 3 unspecified atom stereocenters. The predicted octanol–water partition coefficient (Wildman–Crippen LogP) is 4.53. The number of carbonyl (C=O) groups is 1. The fourth-order valence-corrected chi connectivity index (χ4v) is 9.03. The highest BCUT2D eigenvalue weighted by molar-refractivity contribution is 5.75. The summed E-state index contributed by atoms with van der Waals surface area (Å²) in [6.45, 7) is 7.17. The van der Waals surface area contributed by atoms with Crippen LogP contribution in [0.4, 0.5) is 0 Å². The number of hydrogen-bond donors (Lipinski definition) is 2. The molecule has 0 aromatic carbocycles. The number of esters is 1. The number of aliphatic hydroxyl groups excluding tert-OH is 1. The Morgan fingerprint density at radius 1 is 1.14 bits per heavy atom. The van der Waals surface area contributed by atoms with Crippen LogP contribution in [-0.2, 0) is 9.53 Å². The zero-order valence-corrected chi connectivity index (χ0v) is 19.0. The molecular weight excluding hydrogens is 362 g/mol. The van der Waals surface area contributed by atoms with E-state index in [9.17, 15) is 9.90 Å². The van der Waals surface area contributed by atoms with Crippen LogP contribution in [0.5, 0.6) is 0 Å². The average molecular weight is 406 g/mol. The van der Waals surface area contributed by atoms with Crippen LogP contribution < -0.4 is 5.73 Å². The van der Waals surface area contributed by atoms with Crippen LogP contribution in [0, 0.1) is 46.3 Å². The standard InChI is InChI=1S/C25H43NO3/c1-15(13-21(26)23(28)29-4)18-10-11-19-17-9-8-16-7-5-6-12-24(16,2)20(17)14-22(27)25(18,19)3/h15-22,27H,5-14,26H2,1-4H3/t15-,16?,17+,18-,19+,20+,21?,22?,24+,25-/m1/s1. The van der Waals surface area contributed by atoms with Gasteiger partial charge >= 0.3 is 5.97 Å². The normalized spacial score (nSPS) is 48.8. The monoisotopic (exact) mass is 405 g/mol. The Labute approximate surface area is 177 Å². The molecule has 4 rings (SSSR count). The number of ether oxygens (including phenoxy) is 1. The molecule has 0 aliphatic heterocycles. The molecule has 0 amide bonds. The van der Waals surface area contributed by atoms with Crippen molar-refractivity contribution in [1.82, 2.24) is 0 Å². The summed E-state index contributed by atoms with van der Waals surface area (Å²) in [5.74, 6) is 3.42. The Morgan fingerprint density at radius 2 is 1.90 bits per heavy atom. The molecule has 4 saturated carbocycles. The first-order valence-corrected chi connectivity index (χ1v) is 12.2. The molecule has 0 bridgehead atoms. The van der Waals surface area contributed by atoms with E-state index in [-0.39, 0.29) is 17.5 Å². The molecule has 4 fully saturated rings. The van der Waals surface area contributed by atoms with Crippen molar-refractivity contribution < 1.29 is 14.6 Å². The molecule has 4 aliphatic rings. The van der Waals surface area contributed by atoms with Gasteiger partial charge in [0.25, 0.3) is 0 Å². The number of rotatable bonds is 4. The quantitative estimate of drug-likeness (QED) is 0.674. The predicted molar refractivity (Wildman–Crippen MR) is 115 cm³/mol. The smallest absolute Gasteiger partial charge is 0.322 e. The second-order valence-corrected chi connectivity index (χ2v) is 11.5. The molecule has 0 aromatic rings. The Balaban J connectivity index is 1.55. The van der Waals surface area contributed by atoms with Crippen LogP contribution in [0.2, 0.25) is 0 Å². The van der Waals surface area contributed by atoms with Crippen molar-refractivity contribution in [3.05, 3.63) is 0 Å². The highest BCUT2D eigenvalue weighted by Crippen LogP contribution is 2.68.